The predicted octanol–water partition coefficient (Wildman–Crippen LogP) is 3.72. The number of nitrogen functional groups attached to an aromatic ring is 1. The van der Waals surface area contributed by atoms with Crippen molar-refractivity contribution in [1.29, 1.82) is 0 Å². The first-order valence-electron chi connectivity index (χ1n) is 6.27. The lowest BCUT2D eigenvalue weighted by atomic mass is 10.1. The average molecular weight is 253 g/mol. The highest BCUT2D eigenvalue weighted by molar-refractivity contribution is 5.86. The van der Waals surface area contributed by atoms with E-state index >= 15 is 0 Å². The number of aryl methyl sites for hydroxylation is 1. The third kappa shape index (κ3) is 2.25. The van der Waals surface area contributed by atoms with Crippen molar-refractivity contribution < 1.29 is 4.42 Å². The zero-order chi connectivity index (χ0) is 13.2. The fraction of sp³-hybridized carbons (Fsp3) is 0.133. The van der Waals surface area contributed by atoms with Crippen LogP contribution in [0, 0.1) is 0 Å². The van der Waals surface area contributed by atoms with E-state index in [0.29, 0.717) is 22.8 Å². The Morgan fingerprint density at radius 1 is 1.16 bits per heavy atom. The van der Waals surface area contributed by atoms with Crippen molar-refractivity contribution in [3.63, 3.8) is 0 Å². The maximum absolute atomic E-state index is 5.85. The van der Waals surface area contributed by atoms with Gasteiger partial charge in [-0.05, 0) is 36.2 Å². The first kappa shape index (κ1) is 11.6. The minimum absolute atomic E-state index is 0.456. The number of nitrogens with zero attached hydrogens (tertiary/aromatic N) is 1. The van der Waals surface area contributed by atoms with Gasteiger partial charge in [-0.3, -0.25) is 0 Å². The molecule has 0 radical (unpaired) electrons. The van der Waals surface area contributed by atoms with Crippen molar-refractivity contribution in [3.05, 3.63) is 48.0 Å². The smallest absolute Gasteiger partial charge is 0.300 e. The molecule has 0 spiro atoms. The fourth-order valence-electron chi connectivity index (χ4n) is 1.97. The third-order valence-corrected chi connectivity index (χ3v) is 3.06. The molecule has 0 aliphatic carbocycles. The summed E-state index contributed by atoms with van der Waals surface area (Å²) in [6, 6.07) is 14.2. The van der Waals surface area contributed by atoms with Crippen LogP contribution in [0.4, 0.5) is 17.4 Å². The van der Waals surface area contributed by atoms with Gasteiger partial charge in [0.05, 0.1) is 5.69 Å². The highest BCUT2D eigenvalue weighted by atomic mass is 16.4. The van der Waals surface area contributed by atoms with Gasteiger partial charge >= 0.3 is 0 Å². The van der Waals surface area contributed by atoms with Crippen LogP contribution in [0.25, 0.3) is 11.1 Å². The van der Waals surface area contributed by atoms with E-state index in [2.05, 4.69) is 29.4 Å². The largest absolute Gasteiger partial charge is 0.423 e. The molecule has 4 nitrogen and oxygen atoms in total. The normalized spacial score (nSPS) is 10.8. The molecule has 0 saturated carbocycles. The number of oxazole rings is 1. The van der Waals surface area contributed by atoms with Crippen LogP contribution in [0.3, 0.4) is 0 Å². The van der Waals surface area contributed by atoms with Gasteiger partial charge in [0.25, 0.3) is 6.01 Å². The Morgan fingerprint density at radius 2 is 1.95 bits per heavy atom. The Morgan fingerprint density at radius 3 is 2.63 bits per heavy atom. The summed E-state index contributed by atoms with van der Waals surface area (Å²) in [7, 11) is 0. The Balaban J connectivity index is 1.90. The first-order valence-corrected chi connectivity index (χ1v) is 6.27. The van der Waals surface area contributed by atoms with Crippen molar-refractivity contribution in [3.8, 4) is 0 Å². The number of rotatable bonds is 3. The monoisotopic (exact) mass is 253 g/mol. The van der Waals surface area contributed by atoms with Gasteiger partial charge < -0.3 is 15.5 Å². The van der Waals surface area contributed by atoms with Crippen molar-refractivity contribution in [2.45, 2.75) is 13.3 Å². The summed E-state index contributed by atoms with van der Waals surface area (Å²) in [5.41, 5.74) is 10.1. The van der Waals surface area contributed by atoms with Crippen LogP contribution in [0.15, 0.2) is 46.9 Å². The number of benzene rings is 2. The zero-order valence-corrected chi connectivity index (χ0v) is 10.7. The topological polar surface area (TPSA) is 64.1 Å². The molecule has 3 rings (SSSR count). The van der Waals surface area contributed by atoms with Crippen molar-refractivity contribution >= 4 is 28.5 Å². The van der Waals surface area contributed by atoms with E-state index in [1.807, 2.05) is 30.3 Å². The summed E-state index contributed by atoms with van der Waals surface area (Å²) >= 11 is 0. The summed E-state index contributed by atoms with van der Waals surface area (Å²) in [6.45, 7) is 2.13. The van der Waals surface area contributed by atoms with Gasteiger partial charge in [0, 0.05) is 5.69 Å². The van der Waals surface area contributed by atoms with Gasteiger partial charge in [0.15, 0.2) is 5.58 Å². The van der Waals surface area contributed by atoms with E-state index < -0.39 is 0 Å². The number of nitrogens with one attached hydrogen (secondary N) is 1. The van der Waals surface area contributed by atoms with Crippen LogP contribution in [0.5, 0.6) is 0 Å². The molecule has 0 saturated heterocycles. The van der Waals surface area contributed by atoms with E-state index in [4.69, 9.17) is 10.2 Å². The number of anilines is 3. The van der Waals surface area contributed by atoms with Crippen LogP contribution in [-0.4, -0.2) is 4.98 Å². The van der Waals surface area contributed by atoms with Crippen LogP contribution >= 0.6 is 0 Å². The number of hydrogen-bond donors (Lipinski definition) is 2. The molecule has 19 heavy (non-hydrogen) atoms. The number of para-hydroxylation sites is 1. The lowest BCUT2D eigenvalue weighted by molar-refractivity contribution is 0.623. The van der Waals surface area contributed by atoms with Gasteiger partial charge in [-0.1, -0.05) is 25.1 Å². The molecule has 0 amide bonds. The molecule has 3 N–H and O–H groups in total. The number of fused-ring (bicyclic) bond motifs is 1. The molecule has 4 heteroatoms. The molecule has 0 fully saturated rings. The minimum atomic E-state index is 0.456. The number of hydrogen-bond acceptors (Lipinski definition) is 4. The van der Waals surface area contributed by atoms with E-state index in [1.165, 1.54) is 5.56 Å². The fourth-order valence-corrected chi connectivity index (χ4v) is 1.97. The van der Waals surface area contributed by atoms with Crippen LogP contribution in [0.1, 0.15) is 12.5 Å². The van der Waals surface area contributed by atoms with Gasteiger partial charge in [0.1, 0.15) is 5.52 Å². The van der Waals surface area contributed by atoms with E-state index in [9.17, 15) is 0 Å². The summed E-state index contributed by atoms with van der Waals surface area (Å²) in [5.74, 6) is 0. The lowest BCUT2D eigenvalue weighted by Crippen LogP contribution is -1.91. The van der Waals surface area contributed by atoms with Crippen LogP contribution in [-0.2, 0) is 6.42 Å². The zero-order valence-electron chi connectivity index (χ0n) is 10.7. The van der Waals surface area contributed by atoms with Crippen LogP contribution in [0.2, 0.25) is 0 Å². The molecule has 0 atom stereocenters. The maximum atomic E-state index is 5.85. The van der Waals surface area contributed by atoms with Crippen LogP contribution < -0.4 is 11.1 Å². The highest BCUT2D eigenvalue weighted by Crippen LogP contribution is 2.25. The van der Waals surface area contributed by atoms with E-state index in [1.54, 1.807) is 0 Å². The lowest BCUT2D eigenvalue weighted by Gasteiger charge is -2.02. The van der Waals surface area contributed by atoms with Crippen molar-refractivity contribution in [2.24, 2.45) is 0 Å². The second kappa shape index (κ2) is 4.65. The Hall–Kier alpha value is -2.49. The molecule has 0 unspecified atom stereocenters. The van der Waals surface area contributed by atoms with Gasteiger partial charge in [-0.15, -0.1) is 0 Å². The summed E-state index contributed by atoms with van der Waals surface area (Å²) < 4.78 is 5.61. The van der Waals surface area contributed by atoms with Crippen molar-refractivity contribution in [2.75, 3.05) is 11.1 Å². The van der Waals surface area contributed by atoms with Gasteiger partial charge in [-0.2, -0.15) is 4.98 Å². The van der Waals surface area contributed by atoms with Crippen molar-refractivity contribution in [1.82, 2.24) is 4.98 Å². The molecule has 1 aromatic heterocycles. The molecular formula is C15H15N3O. The number of nitrogens with two attached hydrogens (primary N) is 1. The molecule has 0 aliphatic heterocycles. The standard InChI is InChI=1S/C15H15N3O/c1-2-10-6-8-11(9-7-10)17-15-18-14-12(16)4-3-5-13(14)19-15/h3-9H,2,16H2,1H3,(H,17,18). The summed E-state index contributed by atoms with van der Waals surface area (Å²) in [4.78, 5) is 4.35. The first-order chi connectivity index (χ1) is 9.26. The second-order valence-corrected chi connectivity index (χ2v) is 4.39. The maximum Gasteiger partial charge on any atom is 0.300 e. The quantitative estimate of drug-likeness (QED) is 0.698. The molecule has 2 aromatic carbocycles. The summed E-state index contributed by atoms with van der Waals surface area (Å²) in [5, 5.41) is 3.14. The molecular weight excluding hydrogens is 238 g/mol. The molecule has 3 aromatic rings. The average Bonchev–Trinajstić information content (AvgIpc) is 2.84. The Bertz CT molecular complexity index is 701. The second-order valence-electron chi connectivity index (χ2n) is 4.39. The minimum Gasteiger partial charge on any atom is -0.423 e. The molecule has 96 valence electrons. The van der Waals surface area contributed by atoms with Gasteiger partial charge in [-0.25, -0.2) is 0 Å². The Kier molecular flexibility index (Phi) is 2.83. The number of aromatic nitrogens is 1. The summed E-state index contributed by atoms with van der Waals surface area (Å²) in [6.07, 6.45) is 1.03. The molecule has 0 bridgehead atoms. The predicted molar refractivity (Wildman–Crippen MR) is 77.5 cm³/mol. The highest BCUT2D eigenvalue weighted by Gasteiger charge is 2.07. The van der Waals surface area contributed by atoms with Gasteiger partial charge in [0.2, 0.25) is 0 Å². The Labute approximate surface area is 111 Å². The molecule has 1 heterocycles. The third-order valence-electron chi connectivity index (χ3n) is 3.06. The SMILES string of the molecule is CCc1ccc(Nc2nc3c(N)cccc3o2)cc1. The van der Waals surface area contributed by atoms with E-state index in [-0.39, 0.29) is 0 Å². The molecule has 0 aliphatic rings. The van der Waals surface area contributed by atoms with E-state index in [0.717, 1.165) is 12.1 Å².